The van der Waals surface area contributed by atoms with Crippen molar-refractivity contribution in [3.63, 3.8) is 0 Å². The van der Waals surface area contributed by atoms with Crippen molar-refractivity contribution in [1.29, 1.82) is 0 Å². The normalized spacial score (nSPS) is 12.9. The Bertz CT molecular complexity index is 1070. The second-order valence-corrected chi connectivity index (χ2v) is 8.71. The SMILES string of the molecule is C[C@H](Sc1nc2ncc(Cl)cc2[nH]1)C(=O)Nc1ccc(S(N)(=O)=O)cc1. The number of hydrogen-bond donors (Lipinski definition) is 3. The van der Waals surface area contributed by atoms with E-state index in [0.717, 1.165) is 0 Å². The lowest BCUT2D eigenvalue weighted by Crippen LogP contribution is -2.22. The van der Waals surface area contributed by atoms with E-state index in [-0.39, 0.29) is 10.8 Å². The van der Waals surface area contributed by atoms with Crippen LogP contribution in [0.4, 0.5) is 5.69 Å². The van der Waals surface area contributed by atoms with Crippen molar-refractivity contribution < 1.29 is 13.2 Å². The fraction of sp³-hybridized carbons (Fsp3) is 0.133. The van der Waals surface area contributed by atoms with Crippen molar-refractivity contribution in [2.24, 2.45) is 5.14 Å². The number of hydrogen-bond acceptors (Lipinski definition) is 6. The van der Waals surface area contributed by atoms with Gasteiger partial charge < -0.3 is 10.3 Å². The number of fused-ring (bicyclic) bond motifs is 1. The van der Waals surface area contributed by atoms with Crippen LogP contribution in [0.15, 0.2) is 46.6 Å². The van der Waals surface area contributed by atoms with E-state index in [2.05, 4.69) is 20.3 Å². The number of aromatic amines is 1. The van der Waals surface area contributed by atoms with Crippen molar-refractivity contribution in [3.05, 3.63) is 41.6 Å². The molecule has 0 saturated carbocycles. The highest BCUT2D eigenvalue weighted by molar-refractivity contribution is 8.00. The van der Waals surface area contributed by atoms with Gasteiger partial charge in [-0.2, -0.15) is 0 Å². The number of nitrogens with zero attached hydrogens (tertiary/aromatic N) is 2. The molecule has 1 atom stereocenters. The lowest BCUT2D eigenvalue weighted by atomic mass is 10.3. The molecule has 0 aliphatic carbocycles. The highest BCUT2D eigenvalue weighted by Crippen LogP contribution is 2.25. The average molecular weight is 412 g/mol. The lowest BCUT2D eigenvalue weighted by Gasteiger charge is -2.10. The number of nitrogens with two attached hydrogens (primary N) is 1. The molecule has 2 aromatic heterocycles. The molecule has 0 spiro atoms. The highest BCUT2D eigenvalue weighted by atomic mass is 35.5. The molecular formula is C15H14ClN5O3S2. The summed E-state index contributed by atoms with van der Waals surface area (Å²) in [5.41, 5.74) is 1.67. The summed E-state index contributed by atoms with van der Waals surface area (Å²) in [5.74, 6) is -0.259. The Morgan fingerprint density at radius 1 is 1.35 bits per heavy atom. The number of H-pyrrole nitrogens is 1. The van der Waals surface area contributed by atoms with Gasteiger partial charge >= 0.3 is 0 Å². The van der Waals surface area contributed by atoms with Crippen LogP contribution >= 0.6 is 23.4 Å². The number of carbonyl (C=O) groups is 1. The Labute approximate surface area is 158 Å². The van der Waals surface area contributed by atoms with Crippen LogP contribution in [0.2, 0.25) is 5.02 Å². The highest BCUT2D eigenvalue weighted by Gasteiger charge is 2.17. The van der Waals surface area contributed by atoms with Gasteiger partial charge in [-0.05, 0) is 37.3 Å². The molecule has 136 valence electrons. The fourth-order valence-corrected chi connectivity index (χ4v) is 3.58. The minimum atomic E-state index is -3.77. The standard InChI is InChI=1S/C15H14ClN5O3S2/c1-8(25-15-20-12-6-9(16)7-18-13(12)21-15)14(22)19-10-2-4-11(5-3-10)26(17,23)24/h2-8H,1H3,(H,19,22)(H2,17,23,24)(H,18,20,21)/t8-/m0/s1. The molecule has 0 aliphatic heterocycles. The Hall–Kier alpha value is -2.14. The van der Waals surface area contributed by atoms with Gasteiger partial charge in [0.25, 0.3) is 0 Å². The maximum absolute atomic E-state index is 12.3. The topological polar surface area (TPSA) is 131 Å². The predicted octanol–water partition coefficient (Wildman–Crippen LogP) is 2.38. The second kappa shape index (κ2) is 7.23. The first-order valence-corrected chi connectivity index (χ1v) is 10.1. The van der Waals surface area contributed by atoms with Crippen molar-refractivity contribution in [3.8, 4) is 0 Å². The van der Waals surface area contributed by atoms with Crippen LogP contribution in [-0.2, 0) is 14.8 Å². The molecule has 1 amide bonds. The largest absolute Gasteiger partial charge is 0.331 e. The summed E-state index contributed by atoms with van der Waals surface area (Å²) in [6.07, 6.45) is 1.50. The van der Waals surface area contributed by atoms with E-state index >= 15 is 0 Å². The number of primary sulfonamides is 1. The Morgan fingerprint density at radius 3 is 2.69 bits per heavy atom. The van der Waals surface area contributed by atoms with Crippen molar-refractivity contribution in [2.75, 3.05) is 5.32 Å². The zero-order valence-corrected chi connectivity index (χ0v) is 15.8. The summed E-state index contributed by atoms with van der Waals surface area (Å²) >= 11 is 7.12. The van der Waals surface area contributed by atoms with Gasteiger partial charge in [-0.15, -0.1) is 0 Å². The Morgan fingerprint density at radius 2 is 2.04 bits per heavy atom. The number of thioether (sulfide) groups is 1. The zero-order valence-electron chi connectivity index (χ0n) is 13.4. The molecule has 26 heavy (non-hydrogen) atoms. The molecule has 0 fully saturated rings. The third kappa shape index (κ3) is 4.33. The number of nitrogens with one attached hydrogen (secondary N) is 2. The molecule has 11 heteroatoms. The van der Waals surface area contributed by atoms with Crippen molar-refractivity contribution in [1.82, 2.24) is 15.0 Å². The van der Waals surface area contributed by atoms with E-state index < -0.39 is 15.3 Å². The number of rotatable bonds is 5. The van der Waals surface area contributed by atoms with E-state index in [0.29, 0.717) is 27.0 Å². The number of aromatic nitrogens is 3. The first kappa shape index (κ1) is 18.6. The fourth-order valence-electron chi connectivity index (χ4n) is 2.10. The molecule has 3 rings (SSSR count). The number of carbonyl (C=O) groups excluding carboxylic acids is 1. The van der Waals surface area contributed by atoms with Gasteiger partial charge in [-0.1, -0.05) is 23.4 Å². The Balaban J connectivity index is 1.67. The number of halogens is 1. The number of sulfonamides is 1. The average Bonchev–Trinajstić information content (AvgIpc) is 2.95. The van der Waals surface area contributed by atoms with Gasteiger partial charge in [0, 0.05) is 11.9 Å². The van der Waals surface area contributed by atoms with Gasteiger partial charge in [-0.3, -0.25) is 4.79 Å². The van der Waals surface area contributed by atoms with Gasteiger partial charge in [0.15, 0.2) is 10.8 Å². The smallest absolute Gasteiger partial charge is 0.238 e. The molecule has 1 aromatic carbocycles. The minimum Gasteiger partial charge on any atom is -0.331 e. The molecule has 8 nitrogen and oxygen atoms in total. The van der Waals surface area contributed by atoms with Gasteiger partial charge in [-0.25, -0.2) is 23.5 Å². The van der Waals surface area contributed by atoms with Crippen LogP contribution in [0.5, 0.6) is 0 Å². The van der Waals surface area contributed by atoms with E-state index in [9.17, 15) is 13.2 Å². The minimum absolute atomic E-state index is 0.0219. The van der Waals surface area contributed by atoms with Crippen molar-refractivity contribution in [2.45, 2.75) is 22.2 Å². The van der Waals surface area contributed by atoms with E-state index in [1.165, 1.54) is 42.2 Å². The quantitative estimate of drug-likeness (QED) is 0.552. The molecule has 4 N–H and O–H groups in total. The van der Waals surface area contributed by atoms with Crippen LogP contribution in [0.25, 0.3) is 11.2 Å². The van der Waals surface area contributed by atoms with E-state index in [1.54, 1.807) is 13.0 Å². The maximum Gasteiger partial charge on any atom is 0.238 e. The number of benzene rings is 1. The summed E-state index contributed by atoms with van der Waals surface area (Å²) in [5, 5.41) is 8.33. The van der Waals surface area contributed by atoms with Gasteiger partial charge in [0.1, 0.15) is 0 Å². The third-order valence-electron chi connectivity index (χ3n) is 3.39. The Kier molecular flexibility index (Phi) is 5.19. The number of imidazole rings is 1. The van der Waals surface area contributed by atoms with E-state index in [1.807, 2.05) is 0 Å². The number of anilines is 1. The van der Waals surface area contributed by atoms with Gasteiger partial charge in [0.05, 0.1) is 20.7 Å². The molecule has 0 radical (unpaired) electrons. The lowest BCUT2D eigenvalue weighted by molar-refractivity contribution is -0.115. The number of amides is 1. The first-order chi connectivity index (χ1) is 12.2. The number of pyridine rings is 1. The summed E-state index contributed by atoms with van der Waals surface area (Å²) in [6.45, 7) is 1.73. The van der Waals surface area contributed by atoms with Crippen LogP contribution in [-0.4, -0.2) is 34.5 Å². The zero-order chi connectivity index (χ0) is 18.9. The predicted molar refractivity (Wildman–Crippen MR) is 101 cm³/mol. The van der Waals surface area contributed by atoms with Crippen LogP contribution in [0.1, 0.15) is 6.92 Å². The molecule has 2 heterocycles. The molecule has 0 bridgehead atoms. The van der Waals surface area contributed by atoms with Crippen molar-refractivity contribution >= 4 is 56.1 Å². The van der Waals surface area contributed by atoms with Gasteiger partial charge in [0.2, 0.25) is 15.9 Å². The van der Waals surface area contributed by atoms with Crippen LogP contribution in [0, 0.1) is 0 Å². The molecule has 0 aliphatic rings. The molecule has 3 aromatic rings. The maximum atomic E-state index is 12.3. The molecule has 0 unspecified atom stereocenters. The van der Waals surface area contributed by atoms with Crippen LogP contribution in [0.3, 0.4) is 0 Å². The summed E-state index contributed by atoms with van der Waals surface area (Å²) < 4.78 is 22.5. The van der Waals surface area contributed by atoms with E-state index in [4.69, 9.17) is 16.7 Å². The summed E-state index contributed by atoms with van der Waals surface area (Å²) in [7, 11) is -3.77. The summed E-state index contributed by atoms with van der Waals surface area (Å²) in [6, 6.07) is 7.32. The monoisotopic (exact) mass is 411 g/mol. The molecular weight excluding hydrogens is 398 g/mol. The summed E-state index contributed by atoms with van der Waals surface area (Å²) in [4.78, 5) is 23.7. The third-order valence-corrected chi connectivity index (χ3v) is 5.51. The molecule has 0 saturated heterocycles. The van der Waals surface area contributed by atoms with Crippen LogP contribution < -0.4 is 10.5 Å². The first-order valence-electron chi connectivity index (χ1n) is 7.34. The second-order valence-electron chi connectivity index (χ2n) is 5.39.